The second kappa shape index (κ2) is 7.13. The van der Waals surface area contributed by atoms with Gasteiger partial charge in [-0.1, -0.05) is 18.2 Å². The molecule has 0 saturated carbocycles. The average molecular weight is 325 g/mol. The van der Waals surface area contributed by atoms with E-state index in [0.29, 0.717) is 5.56 Å². The number of carbonyl (C=O) groups excluding carboxylic acids is 1. The fourth-order valence-electron chi connectivity index (χ4n) is 2.24. The van der Waals surface area contributed by atoms with E-state index < -0.39 is 6.10 Å². The van der Waals surface area contributed by atoms with Crippen molar-refractivity contribution in [1.82, 2.24) is 15.3 Å². The number of hydrogen-bond donors (Lipinski definition) is 2. The number of thiophene rings is 1. The molecule has 0 spiro atoms. The lowest BCUT2D eigenvalue weighted by Crippen LogP contribution is -2.28. The largest absolute Gasteiger partial charge is 0.387 e. The highest BCUT2D eigenvalue weighted by molar-refractivity contribution is 7.07. The van der Waals surface area contributed by atoms with Crippen LogP contribution >= 0.6 is 11.3 Å². The zero-order chi connectivity index (χ0) is 16.1. The number of benzene rings is 1. The lowest BCUT2D eigenvalue weighted by molar-refractivity contribution is 0.0917. The Morgan fingerprint density at radius 1 is 1.22 bits per heavy atom. The van der Waals surface area contributed by atoms with Crippen LogP contribution in [0.2, 0.25) is 0 Å². The first-order valence-electron chi connectivity index (χ1n) is 7.08. The van der Waals surface area contributed by atoms with E-state index in [9.17, 15) is 9.90 Å². The smallest absolute Gasteiger partial charge is 0.252 e. The van der Waals surface area contributed by atoms with Gasteiger partial charge < -0.3 is 10.4 Å². The standard InChI is InChI=1S/C17H15N3O2S/c21-16(12-5-6-23-10-12)9-20-17(22)15-4-2-1-3-14(15)13-7-18-11-19-8-13/h1-8,10-11,16,21H,9H2,(H,20,22)/t16-/m1/s1. The van der Waals surface area contributed by atoms with E-state index in [1.54, 1.807) is 24.5 Å². The molecule has 3 aromatic rings. The number of aliphatic hydroxyl groups excluding tert-OH is 1. The van der Waals surface area contributed by atoms with Gasteiger partial charge in [-0.2, -0.15) is 11.3 Å². The van der Waals surface area contributed by atoms with Crippen molar-refractivity contribution in [1.29, 1.82) is 0 Å². The molecule has 5 nitrogen and oxygen atoms in total. The molecule has 1 aromatic carbocycles. The monoisotopic (exact) mass is 325 g/mol. The molecular formula is C17H15N3O2S. The first-order chi connectivity index (χ1) is 11.3. The Labute approximate surface area is 137 Å². The second-order valence-electron chi connectivity index (χ2n) is 4.96. The van der Waals surface area contributed by atoms with Crippen LogP contribution < -0.4 is 5.32 Å². The summed E-state index contributed by atoms with van der Waals surface area (Å²) in [6.45, 7) is 0.162. The number of amides is 1. The number of rotatable bonds is 5. The van der Waals surface area contributed by atoms with Gasteiger partial charge in [0.1, 0.15) is 6.33 Å². The van der Waals surface area contributed by atoms with E-state index in [1.165, 1.54) is 17.7 Å². The van der Waals surface area contributed by atoms with Crippen molar-refractivity contribution in [2.24, 2.45) is 0 Å². The Balaban J connectivity index is 1.75. The summed E-state index contributed by atoms with van der Waals surface area (Å²) in [7, 11) is 0. The summed E-state index contributed by atoms with van der Waals surface area (Å²) in [6, 6.07) is 9.10. The van der Waals surface area contributed by atoms with Gasteiger partial charge >= 0.3 is 0 Å². The number of carbonyl (C=O) groups is 1. The highest BCUT2D eigenvalue weighted by atomic mass is 32.1. The van der Waals surface area contributed by atoms with Crippen LogP contribution in [0.3, 0.4) is 0 Å². The minimum absolute atomic E-state index is 0.162. The van der Waals surface area contributed by atoms with Gasteiger partial charge in [-0.05, 0) is 34.0 Å². The van der Waals surface area contributed by atoms with E-state index in [0.717, 1.165) is 16.7 Å². The van der Waals surface area contributed by atoms with Crippen molar-refractivity contribution in [3.8, 4) is 11.1 Å². The third kappa shape index (κ3) is 3.61. The summed E-state index contributed by atoms with van der Waals surface area (Å²) in [5, 5.41) is 16.6. The highest BCUT2D eigenvalue weighted by Crippen LogP contribution is 2.22. The highest BCUT2D eigenvalue weighted by Gasteiger charge is 2.15. The molecule has 0 aliphatic heterocycles. The predicted molar refractivity (Wildman–Crippen MR) is 89.1 cm³/mol. The van der Waals surface area contributed by atoms with Gasteiger partial charge in [0, 0.05) is 30.1 Å². The quantitative estimate of drug-likeness (QED) is 0.756. The minimum atomic E-state index is -0.711. The van der Waals surface area contributed by atoms with E-state index in [-0.39, 0.29) is 12.5 Å². The molecular weight excluding hydrogens is 310 g/mol. The van der Waals surface area contributed by atoms with Crippen LogP contribution in [-0.4, -0.2) is 27.5 Å². The van der Waals surface area contributed by atoms with Gasteiger partial charge in [0.25, 0.3) is 5.91 Å². The van der Waals surface area contributed by atoms with Gasteiger partial charge in [0.2, 0.25) is 0 Å². The van der Waals surface area contributed by atoms with E-state index in [4.69, 9.17) is 0 Å². The Bertz CT molecular complexity index is 776. The second-order valence-corrected chi connectivity index (χ2v) is 5.74. The zero-order valence-electron chi connectivity index (χ0n) is 12.2. The summed E-state index contributed by atoms with van der Waals surface area (Å²) < 4.78 is 0. The minimum Gasteiger partial charge on any atom is -0.387 e. The maximum Gasteiger partial charge on any atom is 0.252 e. The Morgan fingerprint density at radius 2 is 2.00 bits per heavy atom. The molecule has 0 bridgehead atoms. The molecule has 0 saturated heterocycles. The molecule has 1 amide bonds. The third-order valence-corrected chi connectivity index (χ3v) is 4.13. The van der Waals surface area contributed by atoms with Crippen molar-refractivity contribution < 1.29 is 9.90 Å². The summed E-state index contributed by atoms with van der Waals surface area (Å²) in [4.78, 5) is 20.4. The lowest BCUT2D eigenvalue weighted by Gasteiger charge is -2.13. The summed E-state index contributed by atoms with van der Waals surface area (Å²) >= 11 is 1.51. The molecule has 0 aliphatic rings. The van der Waals surface area contributed by atoms with Crippen LogP contribution in [0.15, 0.2) is 59.8 Å². The van der Waals surface area contributed by atoms with E-state index in [2.05, 4.69) is 15.3 Å². The number of nitrogens with zero attached hydrogens (tertiary/aromatic N) is 2. The normalized spacial score (nSPS) is 11.9. The maximum absolute atomic E-state index is 12.5. The van der Waals surface area contributed by atoms with Gasteiger partial charge in [-0.15, -0.1) is 0 Å². The van der Waals surface area contributed by atoms with Crippen molar-refractivity contribution in [3.05, 3.63) is 70.9 Å². The average Bonchev–Trinajstić information content (AvgIpc) is 3.15. The molecule has 6 heteroatoms. The molecule has 2 N–H and O–H groups in total. The molecule has 2 heterocycles. The first-order valence-corrected chi connectivity index (χ1v) is 8.03. The maximum atomic E-state index is 12.5. The van der Waals surface area contributed by atoms with Crippen molar-refractivity contribution >= 4 is 17.2 Å². The van der Waals surface area contributed by atoms with E-state index in [1.807, 2.05) is 29.0 Å². The molecule has 23 heavy (non-hydrogen) atoms. The number of aromatic nitrogens is 2. The van der Waals surface area contributed by atoms with Crippen molar-refractivity contribution in [3.63, 3.8) is 0 Å². The lowest BCUT2D eigenvalue weighted by atomic mass is 10.0. The van der Waals surface area contributed by atoms with Crippen LogP contribution in [0.1, 0.15) is 22.0 Å². The molecule has 2 aromatic heterocycles. The van der Waals surface area contributed by atoms with Crippen LogP contribution in [-0.2, 0) is 0 Å². The Kier molecular flexibility index (Phi) is 4.75. The number of hydrogen-bond acceptors (Lipinski definition) is 5. The summed E-state index contributed by atoms with van der Waals surface area (Å²) in [5.74, 6) is -0.237. The van der Waals surface area contributed by atoms with Crippen LogP contribution in [0.4, 0.5) is 0 Å². The summed E-state index contributed by atoms with van der Waals surface area (Å²) in [5.41, 5.74) is 2.87. The number of aliphatic hydroxyl groups is 1. The topological polar surface area (TPSA) is 75.1 Å². The van der Waals surface area contributed by atoms with Crippen LogP contribution in [0, 0.1) is 0 Å². The Morgan fingerprint density at radius 3 is 2.74 bits per heavy atom. The van der Waals surface area contributed by atoms with Gasteiger partial charge in [0.15, 0.2) is 0 Å². The molecule has 0 fully saturated rings. The van der Waals surface area contributed by atoms with Crippen LogP contribution in [0.25, 0.3) is 11.1 Å². The van der Waals surface area contributed by atoms with Crippen molar-refractivity contribution in [2.45, 2.75) is 6.10 Å². The fraction of sp³-hybridized carbons (Fsp3) is 0.118. The zero-order valence-corrected chi connectivity index (χ0v) is 13.0. The number of nitrogens with one attached hydrogen (secondary N) is 1. The molecule has 3 rings (SSSR count). The molecule has 0 radical (unpaired) electrons. The van der Waals surface area contributed by atoms with Gasteiger partial charge in [0.05, 0.1) is 6.10 Å². The SMILES string of the molecule is O=C(NC[C@@H](O)c1ccsc1)c1ccccc1-c1cncnc1. The summed E-state index contributed by atoms with van der Waals surface area (Å²) in [6.07, 6.45) is 4.07. The Hall–Kier alpha value is -2.57. The molecule has 0 aliphatic carbocycles. The third-order valence-electron chi connectivity index (χ3n) is 3.43. The predicted octanol–water partition coefficient (Wildman–Crippen LogP) is 2.67. The molecule has 116 valence electrons. The van der Waals surface area contributed by atoms with E-state index >= 15 is 0 Å². The van der Waals surface area contributed by atoms with Crippen molar-refractivity contribution in [2.75, 3.05) is 6.54 Å². The molecule has 0 unspecified atom stereocenters. The first kappa shape index (κ1) is 15.3. The fourth-order valence-corrected chi connectivity index (χ4v) is 2.95. The van der Waals surface area contributed by atoms with Gasteiger partial charge in [-0.3, -0.25) is 4.79 Å². The molecule has 1 atom stereocenters. The van der Waals surface area contributed by atoms with Crippen LogP contribution in [0.5, 0.6) is 0 Å². The van der Waals surface area contributed by atoms with Gasteiger partial charge in [-0.25, -0.2) is 9.97 Å².